The lowest BCUT2D eigenvalue weighted by atomic mass is 10.1. The lowest BCUT2D eigenvalue weighted by molar-refractivity contribution is 0.0914. The van der Waals surface area contributed by atoms with Crippen LogP contribution in [0.15, 0.2) is 52.9 Å². The van der Waals surface area contributed by atoms with Crippen molar-refractivity contribution < 1.29 is 13.9 Å². The Bertz CT molecular complexity index is 887. The van der Waals surface area contributed by atoms with E-state index in [1.54, 1.807) is 13.2 Å². The Morgan fingerprint density at radius 2 is 1.96 bits per heavy atom. The number of furan rings is 1. The van der Waals surface area contributed by atoms with Gasteiger partial charge in [0.2, 0.25) is 0 Å². The van der Waals surface area contributed by atoms with Crippen LogP contribution in [-0.2, 0) is 6.54 Å². The predicted molar refractivity (Wildman–Crippen MR) is 102 cm³/mol. The van der Waals surface area contributed by atoms with E-state index in [0.717, 1.165) is 23.1 Å². The summed E-state index contributed by atoms with van der Waals surface area (Å²) in [6.07, 6.45) is 0. The first-order valence-electron chi connectivity index (χ1n) is 8.80. The number of nitrogens with one attached hydrogen (secondary N) is 2. The van der Waals surface area contributed by atoms with Crippen molar-refractivity contribution >= 4 is 16.9 Å². The molecule has 0 aliphatic rings. The SMILES string of the molecule is CCNCc1ccc(OC)c2oc(C(=O)NC(C)c3ccccc3)cc12. The van der Waals surface area contributed by atoms with Gasteiger partial charge in [0.1, 0.15) is 0 Å². The Balaban J connectivity index is 1.88. The highest BCUT2D eigenvalue weighted by Crippen LogP contribution is 2.31. The van der Waals surface area contributed by atoms with Gasteiger partial charge in [0.25, 0.3) is 5.91 Å². The molecule has 0 aliphatic heterocycles. The molecule has 26 heavy (non-hydrogen) atoms. The first-order valence-corrected chi connectivity index (χ1v) is 8.80. The van der Waals surface area contributed by atoms with Crippen LogP contribution in [0, 0.1) is 0 Å². The summed E-state index contributed by atoms with van der Waals surface area (Å²) in [5.74, 6) is 0.662. The third-order valence-electron chi connectivity index (χ3n) is 4.39. The third-order valence-corrected chi connectivity index (χ3v) is 4.39. The highest BCUT2D eigenvalue weighted by atomic mass is 16.5. The van der Waals surface area contributed by atoms with Gasteiger partial charge in [0, 0.05) is 11.9 Å². The molecule has 5 heteroatoms. The summed E-state index contributed by atoms with van der Waals surface area (Å²) in [6, 6.07) is 15.4. The highest BCUT2D eigenvalue weighted by Gasteiger charge is 2.19. The molecule has 0 radical (unpaired) electrons. The van der Waals surface area contributed by atoms with E-state index in [9.17, 15) is 4.79 Å². The standard InChI is InChI=1S/C21H24N2O3/c1-4-22-13-16-10-11-18(25-3)20-17(16)12-19(26-20)21(24)23-14(2)15-8-6-5-7-9-15/h5-12,14,22H,4,13H2,1-3H3,(H,23,24). The summed E-state index contributed by atoms with van der Waals surface area (Å²) in [6.45, 7) is 5.58. The zero-order chi connectivity index (χ0) is 18.5. The lowest BCUT2D eigenvalue weighted by Crippen LogP contribution is -2.26. The fraction of sp³-hybridized carbons (Fsp3) is 0.286. The minimum absolute atomic E-state index is 0.111. The van der Waals surface area contributed by atoms with Gasteiger partial charge in [-0.1, -0.05) is 43.3 Å². The monoisotopic (exact) mass is 352 g/mol. The van der Waals surface area contributed by atoms with Gasteiger partial charge >= 0.3 is 0 Å². The largest absolute Gasteiger partial charge is 0.493 e. The van der Waals surface area contributed by atoms with Crippen molar-refractivity contribution in [3.63, 3.8) is 0 Å². The quantitative estimate of drug-likeness (QED) is 0.673. The molecule has 1 atom stereocenters. The fourth-order valence-electron chi connectivity index (χ4n) is 2.93. The van der Waals surface area contributed by atoms with Gasteiger partial charge in [0.15, 0.2) is 17.1 Å². The second-order valence-corrected chi connectivity index (χ2v) is 6.17. The molecule has 3 aromatic rings. The van der Waals surface area contributed by atoms with Crippen molar-refractivity contribution in [1.29, 1.82) is 0 Å². The second-order valence-electron chi connectivity index (χ2n) is 6.17. The van der Waals surface area contributed by atoms with Crippen molar-refractivity contribution in [3.05, 3.63) is 65.4 Å². The molecule has 136 valence electrons. The molecular weight excluding hydrogens is 328 g/mol. The molecule has 2 N–H and O–H groups in total. The van der Waals surface area contributed by atoms with Crippen LogP contribution in [-0.4, -0.2) is 19.6 Å². The van der Waals surface area contributed by atoms with E-state index in [1.165, 1.54) is 0 Å². The molecule has 0 aliphatic carbocycles. The summed E-state index contributed by atoms with van der Waals surface area (Å²) in [5, 5.41) is 7.18. The van der Waals surface area contributed by atoms with E-state index in [-0.39, 0.29) is 17.7 Å². The second kappa shape index (κ2) is 8.06. The molecule has 3 rings (SSSR count). The molecule has 1 unspecified atom stereocenters. The van der Waals surface area contributed by atoms with Crippen LogP contribution in [0.2, 0.25) is 0 Å². The van der Waals surface area contributed by atoms with E-state index >= 15 is 0 Å². The van der Waals surface area contributed by atoms with Crippen molar-refractivity contribution in [1.82, 2.24) is 10.6 Å². The molecule has 0 fully saturated rings. The van der Waals surface area contributed by atoms with Crippen LogP contribution in [0.3, 0.4) is 0 Å². The van der Waals surface area contributed by atoms with Crippen molar-refractivity contribution in [2.75, 3.05) is 13.7 Å². The normalized spacial score (nSPS) is 12.1. The van der Waals surface area contributed by atoms with Crippen molar-refractivity contribution in [2.24, 2.45) is 0 Å². The van der Waals surface area contributed by atoms with Gasteiger partial charge in [0.05, 0.1) is 13.2 Å². The molecule has 2 aromatic carbocycles. The Labute approximate surface area is 153 Å². The van der Waals surface area contributed by atoms with Crippen LogP contribution in [0.1, 0.15) is 41.6 Å². The van der Waals surface area contributed by atoms with E-state index < -0.39 is 0 Å². The van der Waals surface area contributed by atoms with Crippen LogP contribution in [0.25, 0.3) is 11.0 Å². The Hall–Kier alpha value is -2.79. The number of amides is 1. The Morgan fingerprint density at radius 1 is 1.19 bits per heavy atom. The summed E-state index contributed by atoms with van der Waals surface area (Å²) in [7, 11) is 1.60. The topological polar surface area (TPSA) is 63.5 Å². The number of rotatable bonds is 7. The van der Waals surface area contributed by atoms with Crippen molar-refractivity contribution in [2.45, 2.75) is 26.4 Å². The van der Waals surface area contributed by atoms with Crippen LogP contribution < -0.4 is 15.4 Å². The summed E-state index contributed by atoms with van der Waals surface area (Å²) < 4.78 is 11.2. The molecule has 0 saturated carbocycles. The average Bonchev–Trinajstić information content (AvgIpc) is 3.12. The van der Waals surface area contributed by atoms with E-state index in [1.807, 2.05) is 49.4 Å². The third kappa shape index (κ3) is 3.73. The number of methoxy groups -OCH3 is 1. The fourth-order valence-corrected chi connectivity index (χ4v) is 2.93. The maximum absolute atomic E-state index is 12.7. The molecule has 1 aromatic heterocycles. The molecule has 0 spiro atoms. The average molecular weight is 352 g/mol. The number of hydrogen-bond donors (Lipinski definition) is 2. The van der Waals surface area contributed by atoms with Gasteiger partial charge in [-0.15, -0.1) is 0 Å². The maximum Gasteiger partial charge on any atom is 0.287 e. The maximum atomic E-state index is 12.7. The highest BCUT2D eigenvalue weighted by molar-refractivity contribution is 5.98. The number of carbonyl (C=O) groups is 1. The van der Waals surface area contributed by atoms with Gasteiger partial charge in [-0.2, -0.15) is 0 Å². The first kappa shape index (κ1) is 18.0. The summed E-state index contributed by atoms with van der Waals surface area (Å²) in [4.78, 5) is 12.7. The zero-order valence-corrected chi connectivity index (χ0v) is 15.3. The Morgan fingerprint density at radius 3 is 2.65 bits per heavy atom. The van der Waals surface area contributed by atoms with Gasteiger partial charge in [-0.05, 0) is 36.7 Å². The van der Waals surface area contributed by atoms with Gasteiger partial charge < -0.3 is 19.8 Å². The van der Waals surface area contributed by atoms with Crippen LogP contribution >= 0.6 is 0 Å². The van der Waals surface area contributed by atoms with Crippen LogP contribution in [0.5, 0.6) is 5.75 Å². The molecular formula is C21H24N2O3. The smallest absolute Gasteiger partial charge is 0.287 e. The first-order chi connectivity index (χ1) is 12.6. The van der Waals surface area contributed by atoms with E-state index in [0.29, 0.717) is 17.9 Å². The zero-order valence-electron chi connectivity index (χ0n) is 15.3. The summed E-state index contributed by atoms with van der Waals surface area (Å²) in [5.41, 5.74) is 2.71. The van der Waals surface area contributed by atoms with Crippen molar-refractivity contribution in [3.8, 4) is 5.75 Å². The van der Waals surface area contributed by atoms with Crippen LogP contribution in [0.4, 0.5) is 0 Å². The number of ether oxygens (including phenoxy) is 1. The lowest BCUT2D eigenvalue weighted by Gasteiger charge is -2.12. The summed E-state index contributed by atoms with van der Waals surface area (Å²) >= 11 is 0. The molecule has 5 nitrogen and oxygen atoms in total. The van der Waals surface area contributed by atoms with Gasteiger partial charge in [-0.3, -0.25) is 4.79 Å². The Kier molecular flexibility index (Phi) is 5.58. The van der Waals surface area contributed by atoms with E-state index in [2.05, 4.69) is 17.6 Å². The van der Waals surface area contributed by atoms with Gasteiger partial charge in [-0.25, -0.2) is 0 Å². The van der Waals surface area contributed by atoms with E-state index in [4.69, 9.17) is 9.15 Å². The number of hydrogen-bond acceptors (Lipinski definition) is 4. The molecule has 1 heterocycles. The molecule has 1 amide bonds. The number of carbonyl (C=O) groups excluding carboxylic acids is 1. The number of fused-ring (bicyclic) bond motifs is 1. The minimum atomic E-state index is -0.242. The minimum Gasteiger partial charge on any atom is -0.493 e. The predicted octanol–water partition coefficient (Wildman–Crippen LogP) is 4.04. The molecule has 0 bridgehead atoms. The number of benzene rings is 2. The molecule has 0 saturated heterocycles.